The van der Waals surface area contributed by atoms with Crippen molar-refractivity contribution in [3.8, 4) is 5.75 Å². The number of carboxylic acid groups (broad SMARTS) is 1. The van der Waals surface area contributed by atoms with Gasteiger partial charge in [-0.1, -0.05) is 0 Å². The average molecular weight is 272 g/mol. The molecule has 0 amide bonds. The summed E-state index contributed by atoms with van der Waals surface area (Å²) in [6.45, 7) is 3.05. The van der Waals surface area contributed by atoms with Crippen molar-refractivity contribution >= 4 is 15.8 Å². The van der Waals surface area contributed by atoms with Gasteiger partial charge in [0, 0.05) is 0 Å². The van der Waals surface area contributed by atoms with Crippen LogP contribution in [0.4, 0.5) is 0 Å². The first-order valence-electron chi connectivity index (χ1n) is 5.39. The molecule has 5 nitrogen and oxygen atoms in total. The number of ether oxygens (including phenoxy) is 1. The highest BCUT2D eigenvalue weighted by atomic mass is 32.2. The zero-order valence-corrected chi connectivity index (χ0v) is 11.3. The predicted molar refractivity (Wildman–Crippen MR) is 66.6 cm³/mol. The van der Waals surface area contributed by atoms with Gasteiger partial charge in [0.25, 0.3) is 0 Å². The van der Waals surface area contributed by atoms with Crippen molar-refractivity contribution in [2.45, 2.75) is 30.4 Å². The first-order valence-corrected chi connectivity index (χ1v) is 6.94. The molecular weight excluding hydrogens is 256 g/mol. The van der Waals surface area contributed by atoms with Crippen LogP contribution in [0.15, 0.2) is 23.1 Å². The SMILES string of the molecule is COc1ccc(S(=O)(=O)C(C)CC(=O)O)c(C)c1. The van der Waals surface area contributed by atoms with Crippen molar-refractivity contribution in [1.82, 2.24) is 0 Å². The first kappa shape index (κ1) is 14.5. The Kier molecular flexibility index (Phi) is 4.34. The molecule has 1 atom stereocenters. The van der Waals surface area contributed by atoms with Crippen LogP contribution in [-0.4, -0.2) is 31.9 Å². The first-order chi connectivity index (χ1) is 8.28. The maximum Gasteiger partial charge on any atom is 0.304 e. The zero-order valence-electron chi connectivity index (χ0n) is 10.5. The number of methoxy groups -OCH3 is 1. The number of sulfone groups is 1. The number of carbonyl (C=O) groups is 1. The van der Waals surface area contributed by atoms with E-state index in [0.717, 1.165) is 0 Å². The summed E-state index contributed by atoms with van der Waals surface area (Å²) in [6.07, 6.45) is -0.409. The lowest BCUT2D eigenvalue weighted by molar-refractivity contribution is -0.136. The van der Waals surface area contributed by atoms with E-state index in [4.69, 9.17) is 9.84 Å². The van der Waals surface area contributed by atoms with Crippen LogP contribution in [0.5, 0.6) is 5.75 Å². The number of hydrogen-bond acceptors (Lipinski definition) is 4. The Bertz CT molecular complexity index is 548. The number of aryl methyl sites for hydroxylation is 1. The van der Waals surface area contributed by atoms with Gasteiger partial charge in [-0.25, -0.2) is 8.42 Å². The van der Waals surface area contributed by atoms with Gasteiger partial charge < -0.3 is 9.84 Å². The van der Waals surface area contributed by atoms with Gasteiger partial charge in [0.1, 0.15) is 5.75 Å². The number of carboxylic acids is 1. The average Bonchev–Trinajstić information content (AvgIpc) is 2.27. The summed E-state index contributed by atoms with van der Waals surface area (Å²) in [7, 11) is -2.13. The van der Waals surface area contributed by atoms with E-state index in [9.17, 15) is 13.2 Å². The van der Waals surface area contributed by atoms with Crippen LogP contribution in [0.3, 0.4) is 0 Å². The minimum absolute atomic E-state index is 0.150. The summed E-state index contributed by atoms with van der Waals surface area (Å²) in [5.41, 5.74) is 0.548. The van der Waals surface area contributed by atoms with Crippen LogP contribution in [0.25, 0.3) is 0 Å². The van der Waals surface area contributed by atoms with Crippen molar-refractivity contribution in [3.05, 3.63) is 23.8 Å². The molecule has 1 unspecified atom stereocenters. The molecule has 0 bridgehead atoms. The Morgan fingerprint density at radius 3 is 2.50 bits per heavy atom. The molecular formula is C12H16O5S. The summed E-state index contributed by atoms with van der Waals surface area (Å²) in [4.78, 5) is 10.7. The van der Waals surface area contributed by atoms with E-state index in [1.54, 1.807) is 19.1 Å². The third-order valence-electron chi connectivity index (χ3n) is 2.68. The molecule has 0 fully saturated rings. The van der Waals surface area contributed by atoms with Gasteiger partial charge in [0.15, 0.2) is 9.84 Å². The number of aliphatic carboxylic acids is 1. The molecule has 1 aromatic rings. The molecule has 18 heavy (non-hydrogen) atoms. The Morgan fingerprint density at radius 1 is 1.44 bits per heavy atom. The Labute approximate surface area is 106 Å². The molecule has 1 aromatic carbocycles. The summed E-state index contributed by atoms with van der Waals surface area (Å²) < 4.78 is 29.4. The number of rotatable bonds is 5. The fourth-order valence-corrected chi connectivity index (χ4v) is 3.20. The maximum atomic E-state index is 12.2. The highest BCUT2D eigenvalue weighted by molar-refractivity contribution is 7.92. The second-order valence-electron chi connectivity index (χ2n) is 4.08. The molecule has 1 rings (SSSR count). The monoisotopic (exact) mass is 272 g/mol. The van der Waals surface area contributed by atoms with Gasteiger partial charge in [-0.15, -0.1) is 0 Å². The van der Waals surface area contributed by atoms with Crippen molar-refractivity contribution < 1.29 is 23.1 Å². The van der Waals surface area contributed by atoms with Crippen LogP contribution in [-0.2, 0) is 14.6 Å². The van der Waals surface area contributed by atoms with E-state index in [0.29, 0.717) is 11.3 Å². The quantitative estimate of drug-likeness (QED) is 0.881. The lowest BCUT2D eigenvalue weighted by atomic mass is 10.2. The smallest absolute Gasteiger partial charge is 0.304 e. The normalized spacial score (nSPS) is 13.1. The van der Waals surface area contributed by atoms with Crippen LogP contribution in [0.1, 0.15) is 18.9 Å². The molecule has 0 aliphatic heterocycles. The van der Waals surface area contributed by atoms with Crippen molar-refractivity contribution in [3.63, 3.8) is 0 Å². The Hall–Kier alpha value is -1.56. The molecule has 1 N–H and O–H groups in total. The van der Waals surface area contributed by atoms with Crippen molar-refractivity contribution in [2.24, 2.45) is 0 Å². The lowest BCUT2D eigenvalue weighted by Gasteiger charge is -2.13. The van der Waals surface area contributed by atoms with Crippen LogP contribution < -0.4 is 4.74 Å². The van der Waals surface area contributed by atoms with Crippen LogP contribution in [0.2, 0.25) is 0 Å². The van der Waals surface area contributed by atoms with Crippen molar-refractivity contribution in [1.29, 1.82) is 0 Å². The van der Waals surface area contributed by atoms with Gasteiger partial charge in [-0.05, 0) is 37.6 Å². The summed E-state index contributed by atoms with van der Waals surface area (Å²) in [6, 6.07) is 4.61. The van der Waals surface area contributed by atoms with E-state index in [2.05, 4.69) is 0 Å². The van der Waals surface area contributed by atoms with Gasteiger partial charge in [0.2, 0.25) is 0 Å². The molecule has 0 radical (unpaired) electrons. The molecule has 0 aliphatic carbocycles. The molecule has 0 aliphatic rings. The third-order valence-corrected chi connectivity index (χ3v) is 4.98. The van der Waals surface area contributed by atoms with E-state index in [1.165, 1.54) is 20.1 Å². The molecule has 0 aromatic heterocycles. The highest BCUT2D eigenvalue weighted by Gasteiger charge is 2.27. The van der Waals surface area contributed by atoms with Gasteiger partial charge in [0.05, 0.1) is 23.7 Å². The lowest BCUT2D eigenvalue weighted by Crippen LogP contribution is -2.22. The summed E-state index contributed by atoms with van der Waals surface area (Å²) in [5, 5.41) is 7.70. The van der Waals surface area contributed by atoms with E-state index in [-0.39, 0.29) is 4.90 Å². The predicted octanol–water partition coefficient (Wildman–Crippen LogP) is 1.64. The Balaban J connectivity index is 3.16. The largest absolute Gasteiger partial charge is 0.497 e. The molecule has 6 heteroatoms. The maximum absolute atomic E-state index is 12.2. The Morgan fingerprint density at radius 2 is 2.06 bits per heavy atom. The minimum atomic E-state index is -3.63. The fourth-order valence-electron chi connectivity index (χ4n) is 1.64. The van der Waals surface area contributed by atoms with E-state index in [1.807, 2.05) is 0 Å². The number of hydrogen-bond donors (Lipinski definition) is 1. The van der Waals surface area contributed by atoms with Gasteiger partial charge in [-0.3, -0.25) is 4.79 Å². The van der Waals surface area contributed by atoms with Crippen molar-refractivity contribution in [2.75, 3.05) is 7.11 Å². The van der Waals surface area contributed by atoms with Crippen LogP contribution >= 0.6 is 0 Å². The summed E-state index contributed by atoms with van der Waals surface area (Å²) in [5.74, 6) is -0.561. The second-order valence-corrected chi connectivity index (χ2v) is 6.42. The third kappa shape index (κ3) is 3.01. The van der Waals surface area contributed by atoms with E-state index < -0.39 is 27.5 Å². The fraction of sp³-hybridized carbons (Fsp3) is 0.417. The second kappa shape index (κ2) is 5.39. The molecule has 100 valence electrons. The summed E-state index contributed by atoms with van der Waals surface area (Å²) >= 11 is 0. The molecule has 0 saturated heterocycles. The van der Waals surface area contributed by atoms with E-state index >= 15 is 0 Å². The number of benzene rings is 1. The van der Waals surface area contributed by atoms with Gasteiger partial charge >= 0.3 is 5.97 Å². The zero-order chi connectivity index (χ0) is 13.9. The topological polar surface area (TPSA) is 80.7 Å². The molecule has 0 heterocycles. The van der Waals surface area contributed by atoms with Gasteiger partial charge in [-0.2, -0.15) is 0 Å². The van der Waals surface area contributed by atoms with Crippen LogP contribution in [0, 0.1) is 6.92 Å². The standard InChI is InChI=1S/C12H16O5S/c1-8-6-10(17-3)4-5-11(8)18(15,16)9(2)7-12(13)14/h4-6,9H,7H2,1-3H3,(H,13,14). The highest BCUT2D eigenvalue weighted by Crippen LogP contribution is 2.25. The molecule has 0 saturated carbocycles. The minimum Gasteiger partial charge on any atom is -0.497 e. The molecule has 0 spiro atoms.